The van der Waals surface area contributed by atoms with Crippen molar-refractivity contribution in [2.45, 2.75) is 12.6 Å². The van der Waals surface area contributed by atoms with Gasteiger partial charge in [-0.15, -0.1) is 0 Å². The molecule has 24 heavy (non-hydrogen) atoms. The molecule has 2 heterocycles. The molecule has 0 fully saturated rings. The van der Waals surface area contributed by atoms with Gasteiger partial charge in [0.15, 0.2) is 0 Å². The van der Waals surface area contributed by atoms with Gasteiger partial charge in [0.1, 0.15) is 22.9 Å². The fourth-order valence-corrected chi connectivity index (χ4v) is 2.53. The molecule has 0 saturated heterocycles. The van der Waals surface area contributed by atoms with Crippen molar-refractivity contribution in [1.29, 1.82) is 0 Å². The molecule has 3 rings (SSSR count). The first-order chi connectivity index (χ1) is 11.6. The Morgan fingerprint density at radius 3 is 2.25 bits per heavy atom. The standard InChI is InChI=1S/C17H19N3O4/c1-20(2)12(13-6-4-8-24-13)10-19-15-14(16(21)17(15)22)18-9-11-5-3-7-23-11/h3-8,12,18-19H,9-10H2,1-2H3. The Kier molecular flexibility index (Phi) is 4.52. The minimum atomic E-state index is -0.511. The van der Waals surface area contributed by atoms with E-state index in [2.05, 4.69) is 10.6 Å². The summed E-state index contributed by atoms with van der Waals surface area (Å²) in [6.07, 6.45) is 3.17. The zero-order chi connectivity index (χ0) is 17.1. The van der Waals surface area contributed by atoms with E-state index in [9.17, 15) is 9.59 Å². The molecule has 2 N–H and O–H groups in total. The van der Waals surface area contributed by atoms with Crippen molar-refractivity contribution in [1.82, 2.24) is 4.90 Å². The highest BCUT2D eigenvalue weighted by Crippen LogP contribution is 2.21. The third-order valence-electron chi connectivity index (χ3n) is 3.90. The summed E-state index contributed by atoms with van der Waals surface area (Å²) in [7, 11) is 3.85. The van der Waals surface area contributed by atoms with Crippen molar-refractivity contribution in [2.75, 3.05) is 31.3 Å². The summed E-state index contributed by atoms with van der Waals surface area (Å²) >= 11 is 0. The zero-order valence-electron chi connectivity index (χ0n) is 13.5. The Bertz CT molecular complexity index is 843. The first kappa shape index (κ1) is 16.1. The van der Waals surface area contributed by atoms with Crippen molar-refractivity contribution in [3.8, 4) is 0 Å². The van der Waals surface area contributed by atoms with E-state index in [1.54, 1.807) is 24.7 Å². The van der Waals surface area contributed by atoms with Gasteiger partial charge in [-0.2, -0.15) is 0 Å². The number of hydrogen-bond acceptors (Lipinski definition) is 7. The summed E-state index contributed by atoms with van der Waals surface area (Å²) in [5.74, 6) is 1.48. The summed E-state index contributed by atoms with van der Waals surface area (Å²) < 4.78 is 10.6. The number of furan rings is 2. The maximum Gasteiger partial charge on any atom is 0.253 e. The third kappa shape index (κ3) is 3.11. The fraction of sp³-hybridized carbons (Fsp3) is 0.294. The molecule has 2 aromatic heterocycles. The summed E-state index contributed by atoms with van der Waals surface area (Å²) in [5, 5.41) is 6.02. The van der Waals surface area contributed by atoms with Gasteiger partial charge in [0.05, 0.1) is 25.1 Å². The molecule has 0 spiro atoms. The van der Waals surface area contributed by atoms with E-state index >= 15 is 0 Å². The van der Waals surface area contributed by atoms with Gasteiger partial charge in [-0.3, -0.25) is 14.5 Å². The SMILES string of the molecule is CN(C)C(CNc1c(NCc2ccco2)c(=O)c1=O)c1ccco1. The van der Waals surface area contributed by atoms with Gasteiger partial charge >= 0.3 is 0 Å². The van der Waals surface area contributed by atoms with Crippen LogP contribution in [0.4, 0.5) is 11.4 Å². The summed E-state index contributed by atoms with van der Waals surface area (Å²) in [5.41, 5.74) is -0.407. The lowest BCUT2D eigenvalue weighted by Crippen LogP contribution is -2.39. The van der Waals surface area contributed by atoms with Crippen LogP contribution in [-0.4, -0.2) is 25.5 Å². The van der Waals surface area contributed by atoms with Crippen LogP contribution < -0.4 is 21.5 Å². The van der Waals surface area contributed by atoms with Gasteiger partial charge in [-0.05, 0) is 38.4 Å². The van der Waals surface area contributed by atoms with Crippen LogP contribution >= 0.6 is 0 Å². The van der Waals surface area contributed by atoms with Crippen molar-refractivity contribution in [3.05, 3.63) is 68.8 Å². The number of nitrogens with zero attached hydrogens (tertiary/aromatic N) is 1. The number of hydrogen-bond donors (Lipinski definition) is 2. The molecule has 0 radical (unpaired) electrons. The molecule has 0 bridgehead atoms. The highest BCUT2D eigenvalue weighted by atomic mass is 16.3. The Morgan fingerprint density at radius 2 is 1.67 bits per heavy atom. The molecule has 7 heteroatoms. The van der Waals surface area contributed by atoms with Crippen LogP contribution in [0.5, 0.6) is 0 Å². The van der Waals surface area contributed by atoms with E-state index in [0.717, 1.165) is 5.76 Å². The first-order valence-electron chi connectivity index (χ1n) is 7.61. The molecule has 0 aliphatic rings. The topological polar surface area (TPSA) is 87.7 Å². The predicted octanol–water partition coefficient (Wildman–Crippen LogP) is 1.80. The average molecular weight is 329 g/mol. The molecule has 126 valence electrons. The Morgan fingerprint density at radius 1 is 1.00 bits per heavy atom. The molecule has 7 nitrogen and oxygen atoms in total. The second kappa shape index (κ2) is 6.76. The molecular formula is C17H19N3O4. The summed E-state index contributed by atoms with van der Waals surface area (Å²) in [6, 6.07) is 7.21. The van der Waals surface area contributed by atoms with Gasteiger partial charge in [-0.1, -0.05) is 0 Å². The van der Waals surface area contributed by atoms with Crippen LogP contribution in [0.15, 0.2) is 55.2 Å². The van der Waals surface area contributed by atoms with Crippen LogP contribution in [0, 0.1) is 0 Å². The number of rotatable bonds is 8. The van der Waals surface area contributed by atoms with Crippen LogP contribution in [0.2, 0.25) is 0 Å². The zero-order valence-corrected chi connectivity index (χ0v) is 13.5. The summed E-state index contributed by atoms with van der Waals surface area (Å²) in [6.45, 7) is 0.794. The maximum absolute atomic E-state index is 11.8. The van der Waals surface area contributed by atoms with Crippen molar-refractivity contribution in [2.24, 2.45) is 0 Å². The minimum Gasteiger partial charge on any atom is -0.468 e. The monoisotopic (exact) mass is 329 g/mol. The third-order valence-corrected chi connectivity index (χ3v) is 3.90. The highest BCUT2D eigenvalue weighted by Gasteiger charge is 2.23. The van der Waals surface area contributed by atoms with Crippen molar-refractivity contribution >= 4 is 11.4 Å². The van der Waals surface area contributed by atoms with Gasteiger partial charge in [-0.25, -0.2) is 0 Å². The largest absolute Gasteiger partial charge is 0.468 e. The van der Waals surface area contributed by atoms with E-state index in [-0.39, 0.29) is 6.04 Å². The van der Waals surface area contributed by atoms with E-state index in [1.165, 1.54) is 0 Å². The lowest BCUT2D eigenvalue weighted by molar-refractivity contribution is 0.269. The Balaban J connectivity index is 1.68. The molecule has 3 aromatic rings. The Labute approximate surface area is 138 Å². The minimum absolute atomic E-state index is 0.0534. The molecular weight excluding hydrogens is 310 g/mol. The lowest BCUT2D eigenvalue weighted by atomic mass is 10.1. The number of nitrogens with one attached hydrogen (secondary N) is 2. The number of likely N-dealkylation sites (N-methyl/N-ethyl adjacent to an activating group) is 1. The van der Waals surface area contributed by atoms with Crippen molar-refractivity contribution in [3.63, 3.8) is 0 Å². The van der Waals surface area contributed by atoms with Gasteiger partial charge < -0.3 is 19.5 Å². The molecule has 1 aromatic carbocycles. The molecule has 1 unspecified atom stereocenters. The predicted molar refractivity (Wildman–Crippen MR) is 91.0 cm³/mol. The molecule has 1 atom stereocenters. The summed E-state index contributed by atoms with van der Waals surface area (Å²) in [4.78, 5) is 25.6. The quantitative estimate of drug-likeness (QED) is 0.609. The van der Waals surface area contributed by atoms with Crippen LogP contribution in [-0.2, 0) is 6.54 Å². The van der Waals surface area contributed by atoms with E-state index in [0.29, 0.717) is 30.2 Å². The average Bonchev–Trinajstić information content (AvgIpc) is 3.26. The van der Waals surface area contributed by atoms with Crippen LogP contribution in [0.1, 0.15) is 17.6 Å². The first-order valence-corrected chi connectivity index (χ1v) is 7.61. The van der Waals surface area contributed by atoms with Gasteiger partial charge in [0.2, 0.25) is 0 Å². The number of anilines is 2. The van der Waals surface area contributed by atoms with E-state index in [4.69, 9.17) is 8.83 Å². The molecule has 0 amide bonds. The van der Waals surface area contributed by atoms with E-state index < -0.39 is 10.9 Å². The van der Waals surface area contributed by atoms with Crippen molar-refractivity contribution < 1.29 is 8.83 Å². The highest BCUT2D eigenvalue weighted by molar-refractivity contribution is 5.73. The molecule has 0 saturated carbocycles. The van der Waals surface area contributed by atoms with Gasteiger partial charge in [0.25, 0.3) is 10.9 Å². The van der Waals surface area contributed by atoms with Crippen LogP contribution in [0.3, 0.4) is 0 Å². The second-order valence-electron chi connectivity index (χ2n) is 5.72. The normalized spacial score (nSPS) is 12.6. The molecule has 0 aliphatic carbocycles. The van der Waals surface area contributed by atoms with Gasteiger partial charge in [0, 0.05) is 6.54 Å². The van der Waals surface area contributed by atoms with E-state index in [1.807, 2.05) is 31.1 Å². The lowest BCUT2D eigenvalue weighted by Gasteiger charge is -2.24. The van der Waals surface area contributed by atoms with Crippen LogP contribution in [0.25, 0.3) is 0 Å². The Hall–Kier alpha value is -2.80. The fourth-order valence-electron chi connectivity index (χ4n) is 2.53. The smallest absolute Gasteiger partial charge is 0.253 e. The second-order valence-corrected chi connectivity index (χ2v) is 5.72. The maximum atomic E-state index is 11.8. The molecule has 0 aliphatic heterocycles.